The van der Waals surface area contributed by atoms with Crippen LogP contribution >= 0.6 is 11.3 Å². The third-order valence-corrected chi connectivity index (χ3v) is 6.89. The molecule has 2 aromatic carbocycles. The molecule has 0 unspecified atom stereocenters. The summed E-state index contributed by atoms with van der Waals surface area (Å²) < 4.78 is 13.9. The Morgan fingerprint density at radius 3 is 2.53 bits per heavy atom. The van der Waals surface area contributed by atoms with Crippen LogP contribution in [0.4, 0.5) is 10.1 Å². The van der Waals surface area contributed by atoms with Gasteiger partial charge >= 0.3 is 0 Å². The maximum absolute atomic E-state index is 13.9. The smallest absolute Gasteiger partial charge is 0.286 e. The lowest BCUT2D eigenvalue weighted by Gasteiger charge is -2.32. The number of nitrogens with zero attached hydrogens (tertiary/aromatic N) is 3. The second kappa shape index (κ2) is 11.8. The summed E-state index contributed by atoms with van der Waals surface area (Å²) in [7, 11) is 0. The number of nitrogens with one attached hydrogen (secondary N) is 2. The summed E-state index contributed by atoms with van der Waals surface area (Å²) in [6, 6.07) is 16.1. The van der Waals surface area contributed by atoms with Crippen molar-refractivity contribution in [3.8, 4) is 0 Å². The zero-order valence-corrected chi connectivity index (χ0v) is 19.7. The van der Waals surface area contributed by atoms with Crippen LogP contribution in [0.15, 0.2) is 54.6 Å². The lowest BCUT2D eigenvalue weighted by molar-refractivity contribution is -0.121. The highest BCUT2D eigenvalue weighted by Gasteiger charge is 2.21. The van der Waals surface area contributed by atoms with Gasteiger partial charge in [0.1, 0.15) is 10.8 Å². The average Bonchev–Trinajstić information content (AvgIpc) is 3.34. The highest BCUT2D eigenvalue weighted by atomic mass is 32.1. The van der Waals surface area contributed by atoms with Crippen molar-refractivity contribution in [3.05, 3.63) is 76.0 Å². The molecule has 0 atom stereocenters. The summed E-state index contributed by atoms with van der Waals surface area (Å²) in [6.45, 7) is 3.06. The highest BCUT2D eigenvalue weighted by Crippen LogP contribution is 2.20. The van der Waals surface area contributed by atoms with Gasteiger partial charge in [-0.25, -0.2) is 4.39 Å². The van der Waals surface area contributed by atoms with Gasteiger partial charge in [-0.05, 0) is 50.0 Å². The number of rotatable bonds is 9. The molecule has 1 aliphatic rings. The molecule has 0 spiro atoms. The molecule has 4 rings (SSSR count). The van der Waals surface area contributed by atoms with Gasteiger partial charge in [0.2, 0.25) is 10.9 Å². The van der Waals surface area contributed by atoms with Gasteiger partial charge in [0.25, 0.3) is 5.91 Å². The summed E-state index contributed by atoms with van der Waals surface area (Å²) in [5.74, 6) is -0.0630. The Labute approximate surface area is 202 Å². The Kier molecular flexibility index (Phi) is 8.32. The molecule has 7 nitrogen and oxygen atoms in total. The van der Waals surface area contributed by atoms with E-state index in [2.05, 4.69) is 25.7 Å². The molecule has 1 saturated heterocycles. The number of anilines is 1. The van der Waals surface area contributed by atoms with Gasteiger partial charge in [0, 0.05) is 37.2 Å². The lowest BCUT2D eigenvalue weighted by atomic mass is 9.96. The Hall–Kier alpha value is -3.17. The van der Waals surface area contributed by atoms with E-state index in [1.54, 1.807) is 18.2 Å². The lowest BCUT2D eigenvalue weighted by Crippen LogP contribution is -2.38. The molecule has 1 aromatic heterocycles. The van der Waals surface area contributed by atoms with E-state index in [9.17, 15) is 14.0 Å². The van der Waals surface area contributed by atoms with Crippen LogP contribution in [-0.4, -0.2) is 46.5 Å². The number of carbonyl (C=O) groups excluding carboxylic acids is 2. The van der Waals surface area contributed by atoms with Crippen molar-refractivity contribution in [3.63, 3.8) is 0 Å². The predicted molar refractivity (Wildman–Crippen MR) is 130 cm³/mol. The molecule has 9 heteroatoms. The Morgan fingerprint density at radius 1 is 1.03 bits per heavy atom. The number of halogens is 1. The van der Waals surface area contributed by atoms with Gasteiger partial charge in [-0.2, -0.15) is 0 Å². The van der Waals surface area contributed by atoms with E-state index in [0.717, 1.165) is 31.5 Å². The van der Waals surface area contributed by atoms with Crippen molar-refractivity contribution in [2.24, 2.45) is 5.92 Å². The van der Waals surface area contributed by atoms with Gasteiger partial charge in [-0.3, -0.25) is 14.5 Å². The van der Waals surface area contributed by atoms with Gasteiger partial charge in [0.15, 0.2) is 0 Å². The molecule has 178 valence electrons. The van der Waals surface area contributed by atoms with E-state index in [1.807, 2.05) is 30.3 Å². The standard InChI is InChI=1S/C25H28FN5O2S/c26-21-9-5-4-6-19(21)17-31-14-12-18(13-15-31)16-27-22(32)10-11-23-29-30-25(34-23)24(33)28-20-7-2-1-3-8-20/h1-9,18H,10-17H2,(H,27,32)(H,28,33). The Bertz CT molecular complexity index is 1100. The van der Waals surface area contributed by atoms with E-state index in [4.69, 9.17) is 0 Å². The van der Waals surface area contributed by atoms with E-state index in [0.29, 0.717) is 42.5 Å². The quantitative estimate of drug-likeness (QED) is 0.484. The maximum Gasteiger partial charge on any atom is 0.286 e. The van der Waals surface area contributed by atoms with E-state index >= 15 is 0 Å². The summed E-state index contributed by atoms with van der Waals surface area (Å²) in [5, 5.41) is 14.7. The third kappa shape index (κ3) is 6.91. The van der Waals surface area contributed by atoms with Crippen molar-refractivity contribution in [1.29, 1.82) is 0 Å². The van der Waals surface area contributed by atoms with E-state index in [1.165, 1.54) is 17.4 Å². The monoisotopic (exact) mass is 481 g/mol. The number of hydrogen-bond acceptors (Lipinski definition) is 6. The van der Waals surface area contributed by atoms with Crippen LogP contribution in [0, 0.1) is 11.7 Å². The first-order valence-corrected chi connectivity index (χ1v) is 12.3. The largest absolute Gasteiger partial charge is 0.356 e. The summed E-state index contributed by atoms with van der Waals surface area (Å²) in [6.07, 6.45) is 2.71. The van der Waals surface area contributed by atoms with E-state index < -0.39 is 0 Å². The second-order valence-electron chi connectivity index (χ2n) is 8.44. The number of benzene rings is 2. The normalized spacial score (nSPS) is 14.6. The van der Waals surface area contributed by atoms with Gasteiger partial charge in [-0.15, -0.1) is 10.2 Å². The topological polar surface area (TPSA) is 87.2 Å². The molecule has 34 heavy (non-hydrogen) atoms. The van der Waals surface area contributed by atoms with Gasteiger partial charge < -0.3 is 10.6 Å². The fourth-order valence-corrected chi connectivity index (χ4v) is 4.67. The molecular formula is C25H28FN5O2S. The molecule has 0 radical (unpaired) electrons. The molecule has 0 bridgehead atoms. The molecule has 1 aliphatic heterocycles. The molecule has 0 aliphatic carbocycles. The fraction of sp³-hybridized carbons (Fsp3) is 0.360. The minimum atomic E-state index is -0.305. The molecule has 0 saturated carbocycles. The number of piperidine rings is 1. The summed E-state index contributed by atoms with van der Waals surface area (Å²) in [5.41, 5.74) is 1.42. The number of para-hydroxylation sites is 1. The first kappa shape index (κ1) is 24.0. The average molecular weight is 482 g/mol. The van der Waals surface area contributed by atoms with Crippen LogP contribution in [0.3, 0.4) is 0 Å². The molecule has 3 aromatic rings. The van der Waals surface area contributed by atoms with E-state index in [-0.39, 0.29) is 22.6 Å². The van der Waals surface area contributed by atoms with Crippen LogP contribution < -0.4 is 10.6 Å². The van der Waals surface area contributed by atoms with Crippen LogP contribution in [0.1, 0.15) is 39.6 Å². The number of likely N-dealkylation sites (tertiary alicyclic amines) is 1. The summed E-state index contributed by atoms with van der Waals surface area (Å²) >= 11 is 1.20. The van der Waals surface area contributed by atoms with Crippen molar-refractivity contribution >= 4 is 28.8 Å². The third-order valence-electron chi connectivity index (χ3n) is 5.91. The Balaban J connectivity index is 1.14. The number of hydrogen-bond donors (Lipinski definition) is 2. The zero-order valence-electron chi connectivity index (χ0n) is 18.9. The SMILES string of the molecule is O=C(CCc1nnc(C(=O)Nc2ccccc2)s1)NCC1CCN(Cc2ccccc2F)CC1. The minimum absolute atomic E-state index is 0.0285. The number of aromatic nitrogens is 2. The molecule has 2 N–H and O–H groups in total. The van der Waals surface area contributed by atoms with Crippen LogP contribution in [0.25, 0.3) is 0 Å². The second-order valence-corrected chi connectivity index (χ2v) is 9.50. The van der Waals surface area contributed by atoms with Crippen molar-refractivity contribution in [2.75, 3.05) is 25.0 Å². The van der Waals surface area contributed by atoms with Crippen LogP contribution in [0.2, 0.25) is 0 Å². The van der Waals surface area contributed by atoms with Crippen LogP contribution in [-0.2, 0) is 17.8 Å². The fourth-order valence-electron chi connectivity index (χ4n) is 3.94. The first-order chi connectivity index (χ1) is 16.6. The predicted octanol–water partition coefficient (Wildman–Crippen LogP) is 3.89. The highest BCUT2D eigenvalue weighted by molar-refractivity contribution is 7.13. The van der Waals surface area contributed by atoms with Crippen LogP contribution in [0.5, 0.6) is 0 Å². The first-order valence-electron chi connectivity index (χ1n) is 11.5. The van der Waals surface area contributed by atoms with Crippen molar-refractivity contribution in [1.82, 2.24) is 20.4 Å². The van der Waals surface area contributed by atoms with Gasteiger partial charge in [-0.1, -0.05) is 47.7 Å². The molecule has 2 amide bonds. The van der Waals surface area contributed by atoms with Crippen molar-refractivity contribution < 1.29 is 14.0 Å². The number of amides is 2. The molecule has 1 fully saturated rings. The Morgan fingerprint density at radius 2 is 1.76 bits per heavy atom. The number of aryl methyl sites for hydroxylation is 1. The van der Waals surface area contributed by atoms with Crippen molar-refractivity contribution in [2.45, 2.75) is 32.2 Å². The summed E-state index contributed by atoms with van der Waals surface area (Å²) in [4.78, 5) is 26.8. The number of carbonyl (C=O) groups is 2. The zero-order chi connectivity index (χ0) is 23.8. The van der Waals surface area contributed by atoms with Gasteiger partial charge in [0.05, 0.1) is 0 Å². The molecule has 2 heterocycles. The molecular weight excluding hydrogens is 453 g/mol. The maximum atomic E-state index is 13.9. The minimum Gasteiger partial charge on any atom is -0.356 e.